The highest BCUT2D eigenvalue weighted by Gasteiger charge is 2.08. The van der Waals surface area contributed by atoms with E-state index in [1.807, 2.05) is 72.8 Å². The molecule has 5 aromatic rings. The number of hydrogen-bond acceptors (Lipinski definition) is 4. The third-order valence-electron chi connectivity index (χ3n) is 4.79. The van der Waals surface area contributed by atoms with E-state index in [-0.39, 0.29) is 5.91 Å². The molecular weight excluding hydrogens is 376 g/mol. The van der Waals surface area contributed by atoms with Crippen molar-refractivity contribution in [3.05, 3.63) is 96.3 Å². The molecule has 0 atom stereocenters. The van der Waals surface area contributed by atoms with Crippen LogP contribution in [0.25, 0.3) is 28.0 Å². The van der Waals surface area contributed by atoms with Crippen LogP contribution in [-0.4, -0.2) is 20.9 Å². The lowest BCUT2D eigenvalue weighted by molar-refractivity contribution is -0.111. The first-order valence-corrected chi connectivity index (χ1v) is 9.59. The van der Waals surface area contributed by atoms with Gasteiger partial charge in [-0.15, -0.1) is 5.10 Å². The molecule has 0 saturated carbocycles. The third-order valence-corrected chi connectivity index (χ3v) is 4.79. The summed E-state index contributed by atoms with van der Waals surface area (Å²) >= 11 is 0. The molecule has 0 unspecified atom stereocenters. The van der Waals surface area contributed by atoms with Gasteiger partial charge in [0.2, 0.25) is 5.91 Å². The van der Waals surface area contributed by atoms with Gasteiger partial charge in [-0.3, -0.25) is 4.79 Å². The van der Waals surface area contributed by atoms with Crippen LogP contribution in [0.5, 0.6) is 0 Å². The number of hydrogen-bond donors (Lipinski definition) is 1. The molecule has 2 heterocycles. The fourth-order valence-corrected chi connectivity index (χ4v) is 3.39. The lowest BCUT2D eigenvalue weighted by atomic mass is 10.1. The standard InChI is InChI=1S/C24H18N4O2/c29-24(13-11-19-16-28(27-26-19)15-17-6-2-1-3-7-17)25-18-10-12-23-21(14-18)20-8-4-5-9-22(20)30-23/h1-14,16H,15H2,(H,25,29)/b13-11+. The van der Waals surface area contributed by atoms with Crippen LogP contribution >= 0.6 is 0 Å². The quantitative estimate of drug-likeness (QED) is 0.431. The molecule has 1 N–H and O–H groups in total. The number of amides is 1. The zero-order chi connectivity index (χ0) is 20.3. The first-order chi connectivity index (χ1) is 14.7. The van der Waals surface area contributed by atoms with Crippen LogP contribution in [0.2, 0.25) is 0 Å². The van der Waals surface area contributed by atoms with Crippen molar-refractivity contribution in [2.45, 2.75) is 6.54 Å². The van der Waals surface area contributed by atoms with E-state index in [0.717, 1.165) is 27.5 Å². The fraction of sp³-hybridized carbons (Fsp3) is 0.0417. The summed E-state index contributed by atoms with van der Waals surface area (Å²) in [6.07, 6.45) is 4.91. The number of fused-ring (bicyclic) bond motifs is 3. The van der Waals surface area contributed by atoms with E-state index in [1.54, 1.807) is 17.0 Å². The Balaban J connectivity index is 1.28. The predicted octanol–water partition coefficient (Wildman–Crippen LogP) is 4.88. The van der Waals surface area contributed by atoms with Gasteiger partial charge in [-0.1, -0.05) is 53.7 Å². The summed E-state index contributed by atoms with van der Waals surface area (Å²) in [6.45, 7) is 0.631. The molecule has 0 aliphatic rings. The van der Waals surface area contributed by atoms with E-state index in [1.165, 1.54) is 6.08 Å². The number of benzene rings is 3. The summed E-state index contributed by atoms with van der Waals surface area (Å²) in [5, 5.41) is 13.1. The highest BCUT2D eigenvalue weighted by molar-refractivity contribution is 6.08. The molecule has 0 radical (unpaired) electrons. The van der Waals surface area contributed by atoms with Crippen molar-refractivity contribution < 1.29 is 9.21 Å². The molecule has 0 fully saturated rings. The SMILES string of the molecule is O=C(/C=C/c1cn(Cc2ccccc2)nn1)Nc1ccc2oc3ccccc3c2c1. The summed E-state index contributed by atoms with van der Waals surface area (Å²) < 4.78 is 7.56. The van der Waals surface area contributed by atoms with Gasteiger partial charge in [-0.05, 0) is 35.9 Å². The number of aromatic nitrogens is 3. The van der Waals surface area contributed by atoms with Crippen LogP contribution in [0.3, 0.4) is 0 Å². The Bertz CT molecular complexity index is 1370. The molecule has 0 spiro atoms. The van der Waals surface area contributed by atoms with Crippen molar-refractivity contribution in [2.24, 2.45) is 0 Å². The molecule has 0 bridgehead atoms. The van der Waals surface area contributed by atoms with Gasteiger partial charge in [0.15, 0.2) is 0 Å². The molecule has 6 heteroatoms. The van der Waals surface area contributed by atoms with Gasteiger partial charge in [0.25, 0.3) is 0 Å². The lowest BCUT2D eigenvalue weighted by Crippen LogP contribution is -2.07. The topological polar surface area (TPSA) is 73.0 Å². The molecule has 3 aromatic carbocycles. The monoisotopic (exact) mass is 394 g/mol. The van der Waals surface area contributed by atoms with Crippen LogP contribution in [0.4, 0.5) is 5.69 Å². The molecule has 5 rings (SSSR count). The Hall–Kier alpha value is -4.19. The van der Waals surface area contributed by atoms with Gasteiger partial charge < -0.3 is 9.73 Å². The Kier molecular flexibility index (Phi) is 4.57. The van der Waals surface area contributed by atoms with Crippen LogP contribution in [-0.2, 0) is 11.3 Å². The van der Waals surface area contributed by atoms with Crippen molar-refractivity contribution in [3.63, 3.8) is 0 Å². The Morgan fingerprint density at radius 3 is 2.67 bits per heavy atom. The second-order valence-electron chi connectivity index (χ2n) is 6.96. The smallest absolute Gasteiger partial charge is 0.248 e. The zero-order valence-corrected chi connectivity index (χ0v) is 16.0. The van der Waals surface area contributed by atoms with Crippen molar-refractivity contribution in [3.8, 4) is 0 Å². The first-order valence-electron chi connectivity index (χ1n) is 9.59. The van der Waals surface area contributed by atoms with Crippen molar-refractivity contribution in [1.29, 1.82) is 0 Å². The second kappa shape index (κ2) is 7.67. The number of para-hydroxylation sites is 1. The van der Waals surface area contributed by atoms with Crippen LogP contribution in [0.1, 0.15) is 11.3 Å². The third kappa shape index (κ3) is 3.71. The second-order valence-corrected chi connectivity index (χ2v) is 6.96. The van der Waals surface area contributed by atoms with Crippen LogP contribution in [0, 0.1) is 0 Å². The molecule has 0 aliphatic carbocycles. The largest absolute Gasteiger partial charge is 0.456 e. The van der Waals surface area contributed by atoms with Gasteiger partial charge in [0.05, 0.1) is 12.7 Å². The average Bonchev–Trinajstić information content (AvgIpc) is 3.37. The summed E-state index contributed by atoms with van der Waals surface area (Å²) in [4.78, 5) is 12.3. The molecule has 6 nitrogen and oxygen atoms in total. The maximum absolute atomic E-state index is 12.3. The van der Waals surface area contributed by atoms with E-state index >= 15 is 0 Å². The average molecular weight is 394 g/mol. The summed E-state index contributed by atoms with van der Waals surface area (Å²) in [5.41, 5.74) is 4.08. The minimum Gasteiger partial charge on any atom is -0.456 e. The van der Waals surface area contributed by atoms with Gasteiger partial charge in [0.1, 0.15) is 16.9 Å². The van der Waals surface area contributed by atoms with Crippen LogP contribution in [0.15, 0.2) is 89.5 Å². The normalized spacial score (nSPS) is 11.5. The predicted molar refractivity (Wildman–Crippen MR) is 117 cm³/mol. The number of rotatable bonds is 5. The number of nitrogens with zero attached hydrogens (tertiary/aromatic N) is 3. The van der Waals surface area contributed by atoms with E-state index in [0.29, 0.717) is 17.9 Å². The van der Waals surface area contributed by atoms with E-state index in [4.69, 9.17) is 4.42 Å². The molecule has 2 aromatic heterocycles. The Morgan fingerprint density at radius 1 is 0.967 bits per heavy atom. The van der Waals surface area contributed by atoms with Crippen molar-refractivity contribution in [1.82, 2.24) is 15.0 Å². The lowest BCUT2D eigenvalue weighted by Gasteiger charge is -2.01. The minimum atomic E-state index is -0.236. The molecule has 146 valence electrons. The van der Waals surface area contributed by atoms with Gasteiger partial charge >= 0.3 is 0 Å². The molecule has 1 amide bonds. The minimum absolute atomic E-state index is 0.236. The molecular formula is C24H18N4O2. The van der Waals surface area contributed by atoms with Crippen molar-refractivity contribution in [2.75, 3.05) is 5.32 Å². The van der Waals surface area contributed by atoms with Gasteiger partial charge in [0, 0.05) is 22.5 Å². The zero-order valence-electron chi connectivity index (χ0n) is 16.0. The van der Waals surface area contributed by atoms with Gasteiger partial charge in [-0.25, -0.2) is 4.68 Å². The van der Waals surface area contributed by atoms with Gasteiger partial charge in [-0.2, -0.15) is 0 Å². The number of anilines is 1. The van der Waals surface area contributed by atoms with Crippen LogP contribution < -0.4 is 5.32 Å². The van der Waals surface area contributed by atoms with E-state index < -0.39 is 0 Å². The summed E-state index contributed by atoms with van der Waals surface area (Å²) in [7, 11) is 0. The Morgan fingerprint density at radius 2 is 1.77 bits per heavy atom. The van der Waals surface area contributed by atoms with E-state index in [2.05, 4.69) is 15.6 Å². The molecule has 0 saturated heterocycles. The van der Waals surface area contributed by atoms with E-state index in [9.17, 15) is 4.79 Å². The number of carbonyl (C=O) groups is 1. The molecule has 0 aliphatic heterocycles. The highest BCUT2D eigenvalue weighted by Crippen LogP contribution is 2.30. The molecule has 30 heavy (non-hydrogen) atoms. The summed E-state index contributed by atoms with van der Waals surface area (Å²) in [6, 6.07) is 23.5. The highest BCUT2D eigenvalue weighted by atomic mass is 16.3. The Labute approximate surface area is 172 Å². The fourth-order valence-electron chi connectivity index (χ4n) is 3.39. The summed E-state index contributed by atoms with van der Waals surface area (Å²) in [5.74, 6) is -0.236. The maximum Gasteiger partial charge on any atom is 0.248 e. The first kappa shape index (κ1) is 17.9. The number of furan rings is 1. The maximum atomic E-state index is 12.3. The number of nitrogens with one attached hydrogen (secondary N) is 1. The van der Waals surface area contributed by atoms with Crippen molar-refractivity contribution >= 4 is 39.6 Å². The number of carbonyl (C=O) groups excluding carboxylic acids is 1.